The molecule has 0 atom stereocenters. The van der Waals surface area contributed by atoms with E-state index in [1.165, 1.54) is 11.3 Å². The predicted molar refractivity (Wildman–Crippen MR) is 62.6 cm³/mol. The van der Waals surface area contributed by atoms with E-state index >= 15 is 0 Å². The average molecular weight is 287 g/mol. The van der Waals surface area contributed by atoms with Gasteiger partial charge in [0.25, 0.3) is 0 Å². The fourth-order valence-corrected chi connectivity index (χ4v) is 2.49. The zero-order valence-electron chi connectivity index (χ0n) is 10.0. The second kappa shape index (κ2) is 7.47. The number of para-hydroxylation sites is 1. The van der Waals surface area contributed by atoms with E-state index < -0.39 is 5.97 Å². The Labute approximate surface area is 151 Å². The van der Waals surface area contributed by atoms with Crippen molar-refractivity contribution in [2.45, 2.75) is 19.3 Å². The molecule has 0 amide bonds. The molecule has 0 radical (unpaired) electrons. The first-order valence-electron chi connectivity index (χ1n) is 5.21. The number of fused-ring (bicyclic) bond motifs is 1. The van der Waals surface area contributed by atoms with Crippen molar-refractivity contribution < 1.29 is 66.1 Å². The van der Waals surface area contributed by atoms with E-state index in [0.717, 1.165) is 15.2 Å². The van der Waals surface area contributed by atoms with Crippen LogP contribution in [0.3, 0.4) is 0 Å². The molecule has 18 heavy (non-hydrogen) atoms. The number of hydrogen-bond donors (Lipinski definition) is 0. The van der Waals surface area contributed by atoms with Gasteiger partial charge < -0.3 is 9.90 Å². The Morgan fingerprint density at radius 2 is 1.94 bits per heavy atom. The molecule has 0 unspecified atom stereocenters. The van der Waals surface area contributed by atoms with Crippen LogP contribution in [0.5, 0.6) is 0 Å². The van der Waals surface area contributed by atoms with Gasteiger partial charge in [0.05, 0.1) is 16.6 Å². The van der Waals surface area contributed by atoms with Gasteiger partial charge in [-0.3, -0.25) is 4.79 Å². The Balaban J connectivity index is 0.00000162. The van der Waals surface area contributed by atoms with Crippen molar-refractivity contribution >= 4 is 33.3 Å². The zero-order chi connectivity index (χ0) is 12.3. The minimum absolute atomic E-state index is 0. The van der Waals surface area contributed by atoms with E-state index in [1.54, 1.807) is 0 Å². The molecular weight excluding hydrogens is 277 g/mol. The van der Waals surface area contributed by atoms with Crippen molar-refractivity contribution in [2.24, 2.45) is 0 Å². The summed E-state index contributed by atoms with van der Waals surface area (Å²) in [5, 5.41) is 11.0. The summed E-state index contributed by atoms with van der Waals surface area (Å²) >= 11 is 1.46. The topological polar surface area (TPSA) is 70.1 Å². The number of aliphatic carboxylic acids is 1. The number of nitrogens with zero attached hydrogens (tertiary/aromatic N) is 1. The number of ketones is 1. The maximum Gasteiger partial charge on any atom is 1.00 e. The van der Waals surface area contributed by atoms with Gasteiger partial charge in [-0.1, -0.05) is 12.1 Å². The van der Waals surface area contributed by atoms with Crippen molar-refractivity contribution in [2.75, 3.05) is 0 Å². The summed E-state index contributed by atoms with van der Waals surface area (Å²) < 4.78 is 1.04. The number of benzene rings is 1. The van der Waals surface area contributed by atoms with Crippen LogP contribution in [0.4, 0.5) is 0 Å². The smallest absolute Gasteiger partial charge is 0.550 e. The molecule has 0 aliphatic heterocycles. The summed E-state index contributed by atoms with van der Waals surface area (Å²) in [5.41, 5.74) is 0.875. The molecule has 0 aliphatic rings. The molecular formula is C12H10KNO3S. The Morgan fingerprint density at radius 1 is 1.22 bits per heavy atom. The molecule has 88 valence electrons. The van der Waals surface area contributed by atoms with Crippen LogP contribution in [0.1, 0.15) is 17.8 Å². The first kappa shape index (κ1) is 15.9. The van der Waals surface area contributed by atoms with Gasteiger partial charge in [-0.05, 0) is 18.6 Å². The maximum atomic E-state index is 11.5. The van der Waals surface area contributed by atoms with Crippen LogP contribution in [0.15, 0.2) is 24.3 Å². The van der Waals surface area contributed by atoms with Gasteiger partial charge in [-0.15, -0.1) is 11.3 Å². The van der Waals surface area contributed by atoms with Gasteiger partial charge in [0, 0.05) is 12.4 Å². The fourth-order valence-electron chi connectivity index (χ4n) is 1.49. The van der Waals surface area contributed by atoms with Crippen LogP contribution in [-0.2, 0) is 16.0 Å². The Kier molecular flexibility index (Phi) is 6.62. The molecule has 0 spiro atoms. The number of carboxylic acid groups (broad SMARTS) is 1. The van der Waals surface area contributed by atoms with E-state index in [2.05, 4.69) is 4.98 Å². The van der Waals surface area contributed by atoms with Crippen LogP contribution < -0.4 is 56.5 Å². The molecule has 1 aromatic heterocycles. The van der Waals surface area contributed by atoms with Crippen LogP contribution in [-0.4, -0.2) is 16.7 Å². The van der Waals surface area contributed by atoms with Gasteiger partial charge in [0.1, 0.15) is 10.8 Å². The minimum atomic E-state index is -1.19. The number of aromatic nitrogens is 1. The van der Waals surface area contributed by atoms with E-state index in [9.17, 15) is 14.7 Å². The maximum absolute atomic E-state index is 11.5. The first-order valence-corrected chi connectivity index (χ1v) is 6.03. The second-order valence-corrected chi connectivity index (χ2v) is 4.78. The van der Waals surface area contributed by atoms with E-state index in [-0.39, 0.29) is 76.4 Å². The van der Waals surface area contributed by atoms with Crippen LogP contribution in [0.2, 0.25) is 0 Å². The van der Waals surface area contributed by atoms with Crippen molar-refractivity contribution in [3.63, 3.8) is 0 Å². The van der Waals surface area contributed by atoms with Gasteiger partial charge in [0.2, 0.25) is 0 Å². The number of carboxylic acids is 1. The quantitative estimate of drug-likeness (QED) is 0.593. The zero-order valence-corrected chi connectivity index (χ0v) is 14.0. The molecule has 0 saturated carbocycles. The van der Waals surface area contributed by atoms with Gasteiger partial charge in [0.15, 0.2) is 0 Å². The summed E-state index contributed by atoms with van der Waals surface area (Å²) in [4.78, 5) is 26.0. The molecule has 6 heteroatoms. The largest absolute Gasteiger partial charge is 1.00 e. The SMILES string of the molecule is O=C([O-])CCC(=O)Cc1nc2ccccc2s1.[K+]. The summed E-state index contributed by atoms with van der Waals surface area (Å²) in [7, 11) is 0. The third kappa shape index (κ3) is 4.53. The number of hydrogen-bond acceptors (Lipinski definition) is 5. The van der Waals surface area contributed by atoms with Gasteiger partial charge in [-0.2, -0.15) is 0 Å². The molecule has 0 bridgehead atoms. The van der Waals surface area contributed by atoms with Crippen LogP contribution in [0, 0.1) is 0 Å². The summed E-state index contributed by atoms with van der Waals surface area (Å²) in [6.45, 7) is 0. The molecule has 1 heterocycles. The molecule has 1 aromatic carbocycles. The molecule has 0 saturated heterocycles. The van der Waals surface area contributed by atoms with Gasteiger partial charge >= 0.3 is 51.4 Å². The van der Waals surface area contributed by atoms with Gasteiger partial charge in [-0.25, -0.2) is 4.98 Å². The van der Waals surface area contributed by atoms with E-state index in [0.29, 0.717) is 0 Å². The fraction of sp³-hybridized carbons (Fsp3) is 0.250. The minimum Gasteiger partial charge on any atom is -0.550 e. The molecule has 0 aliphatic carbocycles. The van der Waals surface area contributed by atoms with Crippen molar-refractivity contribution in [1.82, 2.24) is 4.98 Å². The summed E-state index contributed by atoms with van der Waals surface area (Å²) in [5.74, 6) is -1.31. The third-order valence-electron chi connectivity index (χ3n) is 2.29. The van der Waals surface area contributed by atoms with Crippen LogP contribution in [0.25, 0.3) is 10.2 Å². The number of rotatable bonds is 5. The molecule has 0 N–H and O–H groups in total. The number of carbonyl (C=O) groups excluding carboxylic acids is 2. The summed E-state index contributed by atoms with van der Waals surface area (Å²) in [6, 6.07) is 7.65. The number of Topliss-reactive ketones (excluding diaryl/α,β-unsaturated/α-hetero) is 1. The van der Waals surface area contributed by atoms with Crippen molar-refractivity contribution in [3.05, 3.63) is 29.3 Å². The van der Waals surface area contributed by atoms with Crippen molar-refractivity contribution in [3.8, 4) is 0 Å². The standard InChI is InChI=1S/C12H11NO3S.K/c14-8(5-6-12(15)16)7-11-13-9-3-1-2-4-10(9)17-11;/h1-4H,5-7H2,(H,15,16);/q;+1/p-1. The Hall–Kier alpha value is -0.114. The first-order chi connectivity index (χ1) is 8.15. The predicted octanol–water partition coefficient (Wildman–Crippen LogP) is -2.06. The Bertz CT molecular complexity index is 534. The Morgan fingerprint density at radius 3 is 2.61 bits per heavy atom. The average Bonchev–Trinajstić information content (AvgIpc) is 2.68. The monoisotopic (exact) mass is 287 g/mol. The normalized spacial score (nSPS) is 10.0. The second-order valence-electron chi connectivity index (χ2n) is 3.66. The molecule has 0 fully saturated rings. The van der Waals surface area contributed by atoms with Crippen molar-refractivity contribution in [1.29, 1.82) is 0 Å². The van der Waals surface area contributed by atoms with E-state index in [4.69, 9.17) is 0 Å². The van der Waals surface area contributed by atoms with Crippen LogP contribution >= 0.6 is 11.3 Å². The molecule has 2 aromatic rings. The number of thiazole rings is 1. The number of carbonyl (C=O) groups is 2. The molecule has 2 rings (SSSR count). The third-order valence-corrected chi connectivity index (χ3v) is 3.33. The summed E-state index contributed by atoms with van der Waals surface area (Å²) in [6.07, 6.45) is -0.00534. The molecule has 4 nitrogen and oxygen atoms in total. The van der Waals surface area contributed by atoms with E-state index in [1.807, 2.05) is 24.3 Å².